The average Bonchev–Trinajstić information content (AvgIpc) is 2.79. The zero-order valence-corrected chi connectivity index (χ0v) is 19.2. The molecule has 0 bridgehead atoms. The first kappa shape index (κ1) is 23.7. The Balaban J connectivity index is 1.56. The van der Waals surface area contributed by atoms with Crippen LogP contribution in [0.2, 0.25) is 0 Å². The fourth-order valence-electron chi connectivity index (χ4n) is 4.69. The maximum atomic E-state index is 12.7. The summed E-state index contributed by atoms with van der Waals surface area (Å²) in [6.45, 7) is 0.772. The fourth-order valence-corrected chi connectivity index (χ4v) is 4.69. The number of carbonyl (C=O) groups excluding carboxylic acids is 2. The van der Waals surface area contributed by atoms with E-state index in [2.05, 4.69) is 17.4 Å². The van der Waals surface area contributed by atoms with Gasteiger partial charge in [-0.1, -0.05) is 60.7 Å². The molecule has 0 aliphatic heterocycles. The number of carbonyl (C=O) groups is 2. The van der Waals surface area contributed by atoms with E-state index in [1.54, 1.807) is 0 Å². The summed E-state index contributed by atoms with van der Waals surface area (Å²) in [4.78, 5) is 25.9. The van der Waals surface area contributed by atoms with E-state index in [0.717, 1.165) is 43.4 Å². The Hall–Kier alpha value is -2.92. The van der Waals surface area contributed by atoms with Gasteiger partial charge >= 0.3 is 0 Å². The lowest BCUT2D eigenvalue weighted by atomic mass is 9.79. The fraction of sp³-hybridized carbons (Fsp3) is 0.407. The van der Waals surface area contributed by atoms with Gasteiger partial charge in [-0.3, -0.25) is 9.59 Å². The molecule has 0 radical (unpaired) electrons. The van der Waals surface area contributed by atoms with Crippen molar-refractivity contribution in [1.29, 1.82) is 0 Å². The minimum Gasteiger partial charge on any atom is -0.369 e. The third-order valence-electron chi connectivity index (χ3n) is 6.43. The second-order valence-corrected chi connectivity index (χ2v) is 8.73. The van der Waals surface area contributed by atoms with Crippen LogP contribution < -0.4 is 11.1 Å². The molecular weight excluding hydrogens is 398 g/mol. The van der Waals surface area contributed by atoms with Gasteiger partial charge in [-0.25, -0.2) is 0 Å². The Bertz CT molecular complexity index is 931. The third-order valence-corrected chi connectivity index (χ3v) is 6.43. The van der Waals surface area contributed by atoms with Crippen molar-refractivity contribution in [2.45, 2.75) is 57.0 Å². The molecule has 3 N–H and O–H groups in total. The molecule has 1 aliphatic rings. The van der Waals surface area contributed by atoms with Gasteiger partial charge in [0.1, 0.15) is 0 Å². The average molecular weight is 434 g/mol. The summed E-state index contributed by atoms with van der Waals surface area (Å²) in [5.41, 5.74) is 10.0. The van der Waals surface area contributed by atoms with E-state index in [0.29, 0.717) is 18.4 Å². The summed E-state index contributed by atoms with van der Waals surface area (Å²) < 4.78 is 0. The van der Waals surface area contributed by atoms with Crippen LogP contribution in [0, 0.1) is 0 Å². The van der Waals surface area contributed by atoms with Crippen LogP contribution >= 0.6 is 0 Å². The van der Waals surface area contributed by atoms with E-state index in [9.17, 15) is 9.59 Å². The molecule has 5 nitrogen and oxygen atoms in total. The molecule has 0 spiro atoms. The Morgan fingerprint density at radius 2 is 1.81 bits per heavy atom. The molecule has 1 fully saturated rings. The molecule has 2 aromatic rings. The van der Waals surface area contributed by atoms with Gasteiger partial charge in [0.05, 0.1) is 6.42 Å². The molecule has 2 aromatic carbocycles. The van der Waals surface area contributed by atoms with E-state index < -0.39 is 0 Å². The van der Waals surface area contributed by atoms with Crippen molar-refractivity contribution in [1.82, 2.24) is 10.2 Å². The number of benzene rings is 2. The van der Waals surface area contributed by atoms with Gasteiger partial charge in [-0.15, -0.1) is 0 Å². The highest BCUT2D eigenvalue weighted by Crippen LogP contribution is 2.36. The maximum Gasteiger partial charge on any atom is 0.226 e. The lowest BCUT2D eigenvalue weighted by Gasteiger charge is -2.35. The van der Waals surface area contributed by atoms with Crippen LogP contribution in [0.1, 0.15) is 60.3 Å². The molecule has 5 heteroatoms. The highest BCUT2D eigenvalue weighted by Gasteiger charge is 2.28. The Labute approximate surface area is 191 Å². The van der Waals surface area contributed by atoms with Crippen molar-refractivity contribution in [3.8, 4) is 0 Å². The van der Waals surface area contributed by atoms with Crippen molar-refractivity contribution in [3.05, 3.63) is 76.9 Å². The summed E-state index contributed by atoms with van der Waals surface area (Å²) in [7, 11) is 3.88. The van der Waals surface area contributed by atoms with Crippen LogP contribution in [-0.4, -0.2) is 36.9 Å². The van der Waals surface area contributed by atoms with Crippen molar-refractivity contribution < 1.29 is 9.59 Å². The van der Waals surface area contributed by atoms with Crippen LogP contribution in [0.3, 0.4) is 0 Å². The van der Waals surface area contributed by atoms with E-state index in [-0.39, 0.29) is 18.2 Å². The van der Waals surface area contributed by atoms with Gasteiger partial charge in [0.15, 0.2) is 0 Å². The highest BCUT2D eigenvalue weighted by atomic mass is 16.2. The number of hydrogen-bond acceptors (Lipinski definition) is 3. The van der Waals surface area contributed by atoms with Crippen LogP contribution in [0.4, 0.5) is 0 Å². The quantitative estimate of drug-likeness (QED) is 0.627. The Morgan fingerprint density at radius 3 is 2.47 bits per heavy atom. The Morgan fingerprint density at radius 1 is 1.09 bits per heavy atom. The second kappa shape index (κ2) is 11.6. The lowest BCUT2D eigenvalue weighted by Crippen LogP contribution is -2.39. The number of hydrogen-bond donors (Lipinski definition) is 2. The zero-order chi connectivity index (χ0) is 22.9. The molecule has 0 heterocycles. The summed E-state index contributed by atoms with van der Waals surface area (Å²) in [6.07, 6.45) is 8.82. The van der Waals surface area contributed by atoms with Crippen LogP contribution in [0.25, 0.3) is 6.08 Å². The van der Waals surface area contributed by atoms with Crippen LogP contribution in [-0.2, 0) is 22.6 Å². The molecule has 32 heavy (non-hydrogen) atoms. The van der Waals surface area contributed by atoms with Gasteiger partial charge in [0.25, 0.3) is 0 Å². The molecule has 2 amide bonds. The first-order chi connectivity index (χ1) is 15.5. The number of nitrogens with zero attached hydrogens (tertiary/aromatic N) is 1. The maximum absolute atomic E-state index is 12.7. The monoisotopic (exact) mass is 433 g/mol. The van der Waals surface area contributed by atoms with Crippen molar-refractivity contribution >= 4 is 17.9 Å². The number of rotatable bonds is 9. The number of nitrogens with two attached hydrogens (primary N) is 1. The molecule has 0 atom stereocenters. The molecule has 1 aliphatic carbocycles. The van der Waals surface area contributed by atoms with E-state index in [1.807, 2.05) is 67.5 Å². The number of primary amides is 1. The first-order valence-electron chi connectivity index (χ1n) is 11.5. The van der Waals surface area contributed by atoms with Gasteiger partial charge in [0.2, 0.25) is 11.8 Å². The van der Waals surface area contributed by atoms with E-state index >= 15 is 0 Å². The Kier molecular flexibility index (Phi) is 8.63. The minimum absolute atomic E-state index is 0.173. The third kappa shape index (κ3) is 6.54. The SMILES string of the molecule is CNCc1cc(CC(N)=O)ccc1[C@H]1CC[C@H](N(C)C(=O)CC=Cc2ccccc2)CC1. The summed E-state index contributed by atoms with van der Waals surface area (Å²) >= 11 is 0. The van der Waals surface area contributed by atoms with Crippen LogP contribution in [0.5, 0.6) is 0 Å². The molecule has 0 unspecified atom stereocenters. The molecule has 3 rings (SSSR count). The smallest absolute Gasteiger partial charge is 0.226 e. The topological polar surface area (TPSA) is 75.4 Å². The normalized spacial score (nSPS) is 18.6. The molecule has 0 saturated heterocycles. The van der Waals surface area contributed by atoms with Crippen LogP contribution in [0.15, 0.2) is 54.6 Å². The summed E-state index contributed by atoms with van der Waals surface area (Å²) in [5.74, 6) is 0.353. The summed E-state index contributed by atoms with van der Waals surface area (Å²) in [6, 6.07) is 16.7. The van der Waals surface area contributed by atoms with Crippen molar-refractivity contribution in [2.75, 3.05) is 14.1 Å². The van der Waals surface area contributed by atoms with Crippen molar-refractivity contribution in [3.63, 3.8) is 0 Å². The molecule has 1 saturated carbocycles. The zero-order valence-electron chi connectivity index (χ0n) is 19.2. The van der Waals surface area contributed by atoms with Gasteiger partial charge in [0, 0.05) is 26.1 Å². The number of nitrogens with one attached hydrogen (secondary N) is 1. The van der Waals surface area contributed by atoms with Crippen molar-refractivity contribution in [2.24, 2.45) is 5.73 Å². The van der Waals surface area contributed by atoms with Gasteiger partial charge in [-0.2, -0.15) is 0 Å². The largest absolute Gasteiger partial charge is 0.369 e. The highest BCUT2D eigenvalue weighted by molar-refractivity contribution is 5.79. The predicted molar refractivity (Wildman–Crippen MR) is 130 cm³/mol. The molecule has 0 aromatic heterocycles. The summed E-state index contributed by atoms with van der Waals surface area (Å²) in [5, 5.41) is 3.24. The minimum atomic E-state index is -0.306. The van der Waals surface area contributed by atoms with Gasteiger partial charge in [-0.05, 0) is 60.9 Å². The second-order valence-electron chi connectivity index (χ2n) is 8.73. The predicted octanol–water partition coefficient (Wildman–Crippen LogP) is 4.02. The lowest BCUT2D eigenvalue weighted by molar-refractivity contribution is -0.131. The van der Waals surface area contributed by atoms with E-state index in [1.165, 1.54) is 11.1 Å². The standard InChI is InChI=1S/C27H35N3O2/c1-29-19-23-17-21(18-26(28)31)11-16-25(23)22-12-14-24(15-13-22)30(2)27(32)10-6-9-20-7-4-3-5-8-20/h3-9,11,16-17,22,24,29H,10,12-15,18-19H2,1-2H3,(H2,28,31)/t22-,24-. The first-order valence-corrected chi connectivity index (χ1v) is 11.5. The molecular formula is C27H35N3O2. The van der Waals surface area contributed by atoms with Gasteiger partial charge < -0.3 is 16.0 Å². The van der Waals surface area contributed by atoms with E-state index in [4.69, 9.17) is 5.73 Å². The molecule has 170 valence electrons. The number of amides is 2.